The number of rotatable bonds is 6. The number of carbonyl (C=O) groups is 3. The molecule has 2 aromatic carbocycles. The Bertz CT molecular complexity index is 1200. The Morgan fingerprint density at radius 2 is 1.67 bits per heavy atom. The highest BCUT2D eigenvalue weighted by Crippen LogP contribution is 2.25. The summed E-state index contributed by atoms with van der Waals surface area (Å²) in [7, 11) is 0. The number of nitrogens with zero attached hydrogens (tertiary/aromatic N) is 3. The molecule has 0 aliphatic carbocycles. The summed E-state index contributed by atoms with van der Waals surface area (Å²) in [4.78, 5) is 46.3. The van der Waals surface area contributed by atoms with Crippen LogP contribution in [0, 0.1) is 0 Å². The van der Waals surface area contributed by atoms with E-state index in [1.54, 1.807) is 18.3 Å². The SMILES string of the molecule is O=C(Nc1ccc(N2CCCC2)nc1)c1ccc2c(c1)C(=O)N(CCc1ccccc1)C2=O. The van der Waals surface area contributed by atoms with Crippen molar-refractivity contribution in [3.8, 4) is 0 Å². The fraction of sp³-hybridized carbons (Fsp3) is 0.231. The molecule has 166 valence electrons. The number of benzene rings is 2. The number of carbonyl (C=O) groups excluding carboxylic acids is 3. The topological polar surface area (TPSA) is 82.6 Å². The van der Waals surface area contributed by atoms with Crippen molar-refractivity contribution < 1.29 is 14.4 Å². The van der Waals surface area contributed by atoms with E-state index >= 15 is 0 Å². The molecule has 3 amide bonds. The highest BCUT2D eigenvalue weighted by atomic mass is 16.2. The Labute approximate surface area is 192 Å². The second-order valence-electron chi connectivity index (χ2n) is 8.31. The second kappa shape index (κ2) is 8.86. The zero-order valence-electron chi connectivity index (χ0n) is 18.2. The van der Waals surface area contributed by atoms with Gasteiger partial charge >= 0.3 is 0 Å². The van der Waals surface area contributed by atoms with Crippen LogP contribution in [0.1, 0.15) is 49.5 Å². The molecule has 0 atom stereocenters. The molecule has 1 aromatic heterocycles. The summed E-state index contributed by atoms with van der Waals surface area (Å²) in [5.41, 5.74) is 2.56. The predicted molar refractivity (Wildman–Crippen MR) is 126 cm³/mol. The van der Waals surface area contributed by atoms with Gasteiger partial charge in [0, 0.05) is 25.2 Å². The molecule has 2 aliphatic heterocycles. The zero-order chi connectivity index (χ0) is 22.8. The number of amides is 3. The molecular weight excluding hydrogens is 416 g/mol. The smallest absolute Gasteiger partial charge is 0.261 e. The van der Waals surface area contributed by atoms with Gasteiger partial charge in [0.2, 0.25) is 0 Å². The van der Waals surface area contributed by atoms with Crippen molar-refractivity contribution in [1.29, 1.82) is 0 Å². The van der Waals surface area contributed by atoms with E-state index in [1.807, 2.05) is 42.5 Å². The Morgan fingerprint density at radius 1 is 0.909 bits per heavy atom. The summed E-state index contributed by atoms with van der Waals surface area (Å²) in [5, 5.41) is 2.82. The maximum absolute atomic E-state index is 12.9. The fourth-order valence-corrected chi connectivity index (χ4v) is 4.32. The van der Waals surface area contributed by atoms with E-state index in [-0.39, 0.29) is 23.3 Å². The van der Waals surface area contributed by atoms with Crippen LogP contribution < -0.4 is 10.2 Å². The Balaban J connectivity index is 1.27. The maximum atomic E-state index is 12.9. The predicted octanol–water partition coefficient (Wildman–Crippen LogP) is 3.77. The Morgan fingerprint density at radius 3 is 2.39 bits per heavy atom. The molecule has 5 rings (SSSR count). The van der Waals surface area contributed by atoms with E-state index in [1.165, 1.54) is 23.8 Å². The number of fused-ring (bicyclic) bond motifs is 1. The van der Waals surface area contributed by atoms with Crippen LogP contribution in [0.25, 0.3) is 0 Å². The lowest BCUT2D eigenvalue weighted by molar-refractivity contribution is 0.0656. The molecule has 0 saturated carbocycles. The average molecular weight is 441 g/mol. The minimum absolute atomic E-state index is 0.267. The van der Waals surface area contributed by atoms with Gasteiger partial charge in [-0.1, -0.05) is 30.3 Å². The van der Waals surface area contributed by atoms with Crippen molar-refractivity contribution >= 4 is 29.2 Å². The number of imide groups is 1. The highest BCUT2D eigenvalue weighted by Gasteiger charge is 2.35. The quantitative estimate of drug-likeness (QED) is 0.590. The molecule has 7 heteroatoms. The van der Waals surface area contributed by atoms with Crippen LogP contribution in [0.5, 0.6) is 0 Å². The number of anilines is 2. The first-order chi connectivity index (χ1) is 16.1. The summed E-state index contributed by atoms with van der Waals surface area (Å²) in [6.07, 6.45) is 4.56. The number of aromatic nitrogens is 1. The number of pyridine rings is 1. The molecule has 3 heterocycles. The van der Waals surface area contributed by atoms with E-state index in [2.05, 4.69) is 15.2 Å². The first-order valence-corrected chi connectivity index (χ1v) is 11.2. The minimum Gasteiger partial charge on any atom is -0.357 e. The van der Waals surface area contributed by atoms with Gasteiger partial charge in [-0.15, -0.1) is 0 Å². The third-order valence-corrected chi connectivity index (χ3v) is 6.14. The van der Waals surface area contributed by atoms with Crippen molar-refractivity contribution in [3.05, 3.63) is 89.1 Å². The van der Waals surface area contributed by atoms with E-state index in [9.17, 15) is 14.4 Å². The lowest BCUT2D eigenvalue weighted by atomic mass is 10.1. The molecule has 1 N–H and O–H groups in total. The molecule has 33 heavy (non-hydrogen) atoms. The second-order valence-corrected chi connectivity index (χ2v) is 8.31. The van der Waals surface area contributed by atoms with E-state index in [4.69, 9.17) is 0 Å². The van der Waals surface area contributed by atoms with E-state index in [0.29, 0.717) is 29.8 Å². The van der Waals surface area contributed by atoms with Gasteiger partial charge in [-0.05, 0) is 55.2 Å². The average Bonchev–Trinajstić information content (AvgIpc) is 3.46. The van der Waals surface area contributed by atoms with Gasteiger partial charge in [0.05, 0.1) is 23.0 Å². The molecule has 0 spiro atoms. The molecule has 1 saturated heterocycles. The maximum Gasteiger partial charge on any atom is 0.261 e. The highest BCUT2D eigenvalue weighted by molar-refractivity contribution is 6.22. The first kappa shape index (κ1) is 20.9. The number of hydrogen-bond acceptors (Lipinski definition) is 5. The Kier molecular flexibility index (Phi) is 5.60. The van der Waals surface area contributed by atoms with Crippen LogP contribution in [-0.2, 0) is 6.42 Å². The molecule has 0 radical (unpaired) electrons. The van der Waals surface area contributed by atoms with Gasteiger partial charge < -0.3 is 10.2 Å². The monoisotopic (exact) mass is 440 g/mol. The molecule has 7 nitrogen and oxygen atoms in total. The number of nitrogens with one attached hydrogen (secondary N) is 1. The fourth-order valence-electron chi connectivity index (χ4n) is 4.32. The van der Waals surface area contributed by atoms with Crippen molar-refractivity contribution in [2.45, 2.75) is 19.3 Å². The van der Waals surface area contributed by atoms with Gasteiger partial charge in [0.15, 0.2) is 0 Å². The van der Waals surface area contributed by atoms with Crippen LogP contribution in [-0.4, -0.2) is 47.2 Å². The lowest BCUT2D eigenvalue weighted by Crippen LogP contribution is -2.31. The normalized spacial score (nSPS) is 15.2. The third-order valence-electron chi connectivity index (χ3n) is 6.14. The van der Waals surface area contributed by atoms with Crippen molar-refractivity contribution in [3.63, 3.8) is 0 Å². The summed E-state index contributed by atoms with van der Waals surface area (Å²) < 4.78 is 0. The van der Waals surface area contributed by atoms with Crippen molar-refractivity contribution in [1.82, 2.24) is 9.88 Å². The van der Waals surface area contributed by atoms with Crippen molar-refractivity contribution in [2.75, 3.05) is 29.9 Å². The van der Waals surface area contributed by atoms with Crippen molar-refractivity contribution in [2.24, 2.45) is 0 Å². The molecule has 0 bridgehead atoms. The summed E-state index contributed by atoms with van der Waals surface area (Å²) in [6.45, 7) is 2.30. The van der Waals surface area contributed by atoms with E-state index in [0.717, 1.165) is 24.5 Å². The van der Waals surface area contributed by atoms with Gasteiger partial charge in [-0.3, -0.25) is 19.3 Å². The molecule has 1 fully saturated rings. The molecule has 0 unspecified atom stereocenters. The summed E-state index contributed by atoms with van der Waals surface area (Å²) >= 11 is 0. The van der Waals surface area contributed by atoms with Crippen LogP contribution in [0.3, 0.4) is 0 Å². The lowest BCUT2D eigenvalue weighted by Gasteiger charge is -2.16. The van der Waals surface area contributed by atoms with Gasteiger partial charge in [-0.25, -0.2) is 4.98 Å². The largest absolute Gasteiger partial charge is 0.357 e. The van der Waals surface area contributed by atoms with Gasteiger partial charge in [0.25, 0.3) is 17.7 Å². The van der Waals surface area contributed by atoms with Crippen LogP contribution in [0.4, 0.5) is 11.5 Å². The zero-order valence-corrected chi connectivity index (χ0v) is 18.2. The third kappa shape index (κ3) is 4.22. The molecular formula is C26H24N4O3. The first-order valence-electron chi connectivity index (χ1n) is 11.2. The summed E-state index contributed by atoms with van der Waals surface area (Å²) in [6, 6.07) is 18.1. The van der Waals surface area contributed by atoms with Crippen LogP contribution in [0.15, 0.2) is 66.9 Å². The molecule has 2 aliphatic rings. The molecule has 3 aromatic rings. The van der Waals surface area contributed by atoms with Crippen LogP contribution >= 0.6 is 0 Å². The van der Waals surface area contributed by atoms with Gasteiger partial charge in [-0.2, -0.15) is 0 Å². The minimum atomic E-state index is -0.364. The number of hydrogen-bond donors (Lipinski definition) is 1. The van der Waals surface area contributed by atoms with Crippen LogP contribution in [0.2, 0.25) is 0 Å². The standard InChI is InChI=1S/C26H24N4O3/c31-24(28-20-9-11-23(27-17-20)29-13-4-5-14-29)19-8-10-21-22(16-19)26(33)30(25(21)32)15-12-18-6-2-1-3-7-18/h1-3,6-11,16-17H,4-5,12-15H2,(H,28,31). The Hall–Kier alpha value is -4.00. The summed E-state index contributed by atoms with van der Waals surface area (Å²) in [5.74, 6) is -0.129. The van der Waals surface area contributed by atoms with E-state index < -0.39 is 0 Å². The van der Waals surface area contributed by atoms with Gasteiger partial charge in [0.1, 0.15) is 5.82 Å².